The summed E-state index contributed by atoms with van der Waals surface area (Å²) in [5.41, 5.74) is 1.04. The van der Waals surface area contributed by atoms with Gasteiger partial charge >= 0.3 is 0 Å². The van der Waals surface area contributed by atoms with E-state index in [1.165, 1.54) is 0 Å². The lowest BCUT2D eigenvalue weighted by Gasteiger charge is -2.18. The molecule has 116 valence electrons. The summed E-state index contributed by atoms with van der Waals surface area (Å²) >= 11 is 3.32. The zero-order valence-corrected chi connectivity index (χ0v) is 14.5. The Morgan fingerprint density at radius 3 is 2.86 bits per heavy atom. The van der Waals surface area contributed by atoms with Crippen molar-refractivity contribution in [3.05, 3.63) is 22.5 Å². The summed E-state index contributed by atoms with van der Waals surface area (Å²) in [7, 11) is 0. The van der Waals surface area contributed by atoms with Crippen molar-refractivity contribution < 1.29 is 9.53 Å². The first-order chi connectivity index (χ1) is 10.6. The highest BCUT2D eigenvalue weighted by Gasteiger charge is 2.15. The Kier molecular flexibility index (Phi) is 4.31. The largest absolute Gasteiger partial charge is 0.483 e. The SMILES string of the molecule is CCN(CC)C(=O)COc1cc2sc(C)nc2c2sccc12. The number of amides is 1. The molecular formula is C16H18N2O2S2. The summed E-state index contributed by atoms with van der Waals surface area (Å²) in [6.07, 6.45) is 0. The highest BCUT2D eigenvalue weighted by Crippen LogP contribution is 2.38. The Morgan fingerprint density at radius 1 is 1.36 bits per heavy atom. The maximum Gasteiger partial charge on any atom is 0.260 e. The molecule has 0 aliphatic heterocycles. The number of carbonyl (C=O) groups excluding carboxylic acids is 1. The number of thiazole rings is 1. The number of rotatable bonds is 5. The van der Waals surface area contributed by atoms with Gasteiger partial charge in [0.25, 0.3) is 5.91 Å². The van der Waals surface area contributed by atoms with Crippen LogP contribution in [0.25, 0.3) is 20.3 Å². The number of likely N-dealkylation sites (N-methyl/N-ethyl adjacent to an activating group) is 1. The van der Waals surface area contributed by atoms with Crippen LogP contribution in [0.5, 0.6) is 5.75 Å². The molecule has 22 heavy (non-hydrogen) atoms. The van der Waals surface area contributed by atoms with Crippen molar-refractivity contribution in [3.63, 3.8) is 0 Å². The predicted octanol–water partition coefficient (Wildman–Crippen LogP) is 4.07. The van der Waals surface area contributed by atoms with E-state index in [0.717, 1.165) is 31.1 Å². The molecule has 2 aromatic heterocycles. The number of hydrogen-bond acceptors (Lipinski definition) is 5. The minimum Gasteiger partial charge on any atom is -0.483 e. The summed E-state index contributed by atoms with van der Waals surface area (Å²) in [4.78, 5) is 18.5. The molecule has 1 aromatic carbocycles. The minimum absolute atomic E-state index is 0.0222. The fourth-order valence-electron chi connectivity index (χ4n) is 2.51. The molecule has 4 nitrogen and oxygen atoms in total. The number of aryl methyl sites for hydroxylation is 1. The Hall–Kier alpha value is -1.66. The van der Waals surface area contributed by atoms with Crippen LogP contribution in [0.3, 0.4) is 0 Å². The molecule has 0 bridgehead atoms. The van der Waals surface area contributed by atoms with E-state index in [0.29, 0.717) is 13.1 Å². The quantitative estimate of drug-likeness (QED) is 0.706. The molecule has 0 radical (unpaired) electrons. The number of benzene rings is 1. The second-order valence-electron chi connectivity index (χ2n) is 4.97. The van der Waals surface area contributed by atoms with Crippen LogP contribution in [0.4, 0.5) is 0 Å². The van der Waals surface area contributed by atoms with E-state index in [1.807, 2.05) is 38.3 Å². The summed E-state index contributed by atoms with van der Waals surface area (Å²) < 4.78 is 8.08. The molecule has 0 fully saturated rings. The second kappa shape index (κ2) is 6.22. The Labute approximate surface area is 137 Å². The number of hydrogen-bond donors (Lipinski definition) is 0. The summed E-state index contributed by atoms with van der Waals surface area (Å²) in [5, 5.41) is 4.12. The van der Waals surface area contributed by atoms with E-state index >= 15 is 0 Å². The predicted molar refractivity (Wildman–Crippen MR) is 93.2 cm³/mol. The van der Waals surface area contributed by atoms with Crippen molar-refractivity contribution >= 4 is 48.9 Å². The van der Waals surface area contributed by atoms with E-state index < -0.39 is 0 Å². The van der Waals surface area contributed by atoms with Gasteiger partial charge in [0.15, 0.2) is 6.61 Å². The van der Waals surface area contributed by atoms with Crippen LogP contribution < -0.4 is 4.74 Å². The molecule has 0 spiro atoms. The first-order valence-electron chi connectivity index (χ1n) is 7.32. The van der Waals surface area contributed by atoms with Crippen LogP contribution in [-0.2, 0) is 4.79 Å². The number of fused-ring (bicyclic) bond motifs is 3. The Morgan fingerprint density at radius 2 is 2.14 bits per heavy atom. The maximum absolute atomic E-state index is 12.1. The summed E-state index contributed by atoms with van der Waals surface area (Å²) in [5.74, 6) is 0.793. The summed E-state index contributed by atoms with van der Waals surface area (Å²) in [6, 6.07) is 4.04. The molecule has 0 aliphatic rings. The number of nitrogens with zero attached hydrogens (tertiary/aromatic N) is 2. The van der Waals surface area contributed by atoms with Gasteiger partial charge in [-0.1, -0.05) is 0 Å². The first kappa shape index (κ1) is 15.2. The van der Waals surface area contributed by atoms with Gasteiger partial charge in [-0.3, -0.25) is 4.79 Å². The van der Waals surface area contributed by atoms with Crippen molar-refractivity contribution in [3.8, 4) is 5.75 Å². The molecule has 1 amide bonds. The van der Waals surface area contributed by atoms with Crippen molar-refractivity contribution in [2.75, 3.05) is 19.7 Å². The molecular weight excluding hydrogens is 316 g/mol. The van der Waals surface area contributed by atoms with Crippen LogP contribution in [0.15, 0.2) is 17.5 Å². The van der Waals surface area contributed by atoms with Crippen LogP contribution in [0, 0.1) is 6.92 Å². The average molecular weight is 334 g/mol. The smallest absolute Gasteiger partial charge is 0.260 e. The van der Waals surface area contributed by atoms with Gasteiger partial charge in [-0.2, -0.15) is 0 Å². The van der Waals surface area contributed by atoms with E-state index in [-0.39, 0.29) is 12.5 Å². The van der Waals surface area contributed by atoms with E-state index in [2.05, 4.69) is 4.98 Å². The molecule has 0 unspecified atom stereocenters. The highest BCUT2D eigenvalue weighted by molar-refractivity contribution is 7.21. The van der Waals surface area contributed by atoms with E-state index in [1.54, 1.807) is 27.6 Å². The zero-order valence-electron chi connectivity index (χ0n) is 12.9. The second-order valence-corrected chi connectivity index (χ2v) is 7.12. The average Bonchev–Trinajstić information content (AvgIpc) is 3.11. The molecule has 0 aliphatic carbocycles. The molecule has 0 atom stereocenters. The lowest BCUT2D eigenvalue weighted by Crippen LogP contribution is -2.34. The fourth-order valence-corrected chi connectivity index (χ4v) is 4.35. The third-order valence-electron chi connectivity index (χ3n) is 3.64. The van der Waals surface area contributed by atoms with E-state index in [9.17, 15) is 4.79 Å². The number of thiophene rings is 1. The molecule has 0 saturated heterocycles. The monoisotopic (exact) mass is 334 g/mol. The lowest BCUT2D eigenvalue weighted by atomic mass is 10.2. The lowest BCUT2D eigenvalue weighted by molar-refractivity contribution is -0.132. The van der Waals surface area contributed by atoms with Crippen molar-refractivity contribution in [2.45, 2.75) is 20.8 Å². The topological polar surface area (TPSA) is 42.4 Å². The van der Waals surface area contributed by atoms with Gasteiger partial charge < -0.3 is 9.64 Å². The minimum atomic E-state index is 0.0222. The van der Waals surface area contributed by atoms with Gasteiger partial charge in [0.05, 0.1) is 19.9 Å². The highest BCUT2D eigenvalue weighted by atomic mass is 32.1. The van der Waals surface area contributed by atoms with Gasteiger partial charge in [-0.05, 0) is 32.2 Å². The first-order valence-corrected chi connectivity index (χ1v) is 9.01. The molecule has 2 heterocycles. The van der Waals surface area contributed by atoms with Crippen molar-refractivity contribution in [2.24, 2.45) is 0 Å². The molecule has 3 rings (SSSR count). The third-order valence-corrected chi connectivity index (χ3v) is 5.47. The van der Waals surface area contributed by atoms with Gasteiger partial charge in [-0.25, -0.2) is 4.98 Å². The Bertz CT molecular complexity index is 818. The number of carbonyl (C=O) groups is 1. The van der Waals surface area contributed by atoms with Gasteiger partial charge in [-0.15, -0.1) is 22.7 Å². The molecule has 6 heteroatoms. The molecule has 0 saturated carbocycles. The van der Waals surface area contributed by atoms with Gasteiger partial charge in [0.1, 0.15) is 5.75 Å². The number of ether oxygens (including phenoxy) is 1. The molecule has 0 N–H and O–H groups in total. The van der Waals surface area contributed by atoms with Crippen molar-refractivity contribution in [1.82, 2.24) is 9.88 Å². The summed E-state index contributed by atoms with van der Waals surface area (Å²) in [6.45, 7) is 7.46. The third kappa shape index (κ3) is 2.68. The standard InChI is InChI=1S/C16H18N2O2S2/c1-4-18(5-2)14(19)9-20-12-8-13-15(17-10(3)22-13)16-11(12)6-7-21-16/h6-8H,4-5,9H2,1-3H3. The van der Waals surface area contributed by atoms with Gasteiger partial charge in [0.2, 0.25) is 0 Å². The molecule has 3 aromatic rings. The normalized spacial score (nSPS) is 11.2. The van der Waals surface area contributed by atoms with Crippen LogP contribution >= 0.6 is 22.7 Å². The van der Waals surface area contributed by atoms with Crippen LogP contribution in [-0.4, -0.2) is 35.5 Å². The fraction of sp³-hybridized carbons (Fsp3) is 0.375. The Balaban J connectivity index is 1.92. The van der Waals surface area contributed by atoms with Gasteiger partial charge in [0, 0.05) is 24.5 Å². The van der Waals surface area contributed by atoms with E-state index in [4.69, 9.17) is 4.74 Å². The maximum atomic E-state index is 12.1. The van der Waals surface area contributed by atoms with Crippen molar-refractivity contribution in [1.29, 1.82) is 0 Å². The number of aromatic nitrogens is 1. The zero-order chi connectivity index (χ0) is 15.7. The van der Waals surface area contributed by atoms with Crippen LogP contribution in [0.2, 0.25) is 0 Å². The van der Waals surface area contributed by atoms with Crippen LogP contribution in [0.1, 0.15) is 18.9 Å².